The molecule has 2 N–H and O–H groups in total. The van der Waals surface area contributed by atoms with Crippen LogP contribution in [0.25, 0.3) is 0 Å². The first kappa shape index (κ1) is 16.9. The van der Waals surface area contributed by atoms with Crippen LogP contribution in [-0.2, 0) is 10.2 Å². The lowest BCUT2D eigenvalue weighted by Gasteiger charge is -2.27. The first-order valence-corrected chi connectivity index (χ1v) is 8.75. The van der Waals surface area contributed by atoms with Crippen molar-refractivity contribution in [2.24, 2.45) is 11.8 Å². The van der Waals surface area contributed by atoms with Crippen LogP contribution in [0.4, 0.5) is 0 Å². The smallest absolute Gasteiger partial charge is 0.279 e. The molecule has 1 saturated carbocycles. The van der Waals surface area contributed by atoms with E-state index in [9.17, 15) is 8.42 Å². The lowest BCUT2D eigenvalue weighted by atomic mass is 9.83. The highest BCUT2D eigenvalue weighted by atomic mass is 32.2. The normalized spacial score (nSPS) is 24.8. The zero-order valence-corrected chi connectivity index (χ0v) is 13.3. The Hall–Kier alpha value is -0.170. The Bertz CT molecular complexity index is 346. The van der Waals surface area contributed by atoms with Crippen LogP contribution < -0.4 is 10.0 Å². The van der Waals surface area contributed by atoms with Crippen LogP contribution in [0.3, 0.4) is 0 Å². The summed E-state index contributed by atoms with van der Waals surface area (Å²) in [5.41, 5.74) is 0. The highest BCUT2D eigenvalue weighted by molar-refractivity contribution is 7.87. The van der Waals surface area contributed by atoms with Gasteiger partial charge in [0.25, 0.3) is 10.2 Å². The first-order valence-electron chi connectivity index (χ1n) is 7.31. The summed E-state index contributed by atoms with van der Waals surface area (Å²) in [5.74, 6) is 1.24. The summed E-state index contributed by atoms with van der Waals surface area (Å²) in [6.07, 6.45) is 5.63. The number of rotatable bonds is 8. The first-order chi connectivity index (χ1) is 8.95. The van der Waals surface area contributed by atoms with Crippen LogP contribution in [0.2, 0.25) is 0 Å². The van der Waals surface area contributed by atoms with E-state index in [1.807, 2.05) is 7.05 Å². The highest BCUT2D eigenvalue weighted by Crippen LogP contribution is 2.28. The summed E-state index contributed by atoms with van der Waals surface area (Å²) in [6.45, 7) is 4.23. The molecule has 1 fully saturated rings. The van der Waals surface area contributed by atoms with Gasteiger partial charge in [0.15, 0.2) is 0 Å². The molecule has 0 aliphatic heterocycles. The molecule has 2 atom stereocenters. The second-order valence-corrected chi connectivity index (χ2v) is 7.63. The van der Waals surface area contributed by atoms with Crippen molar-refractivity contribution in [1.82, 2.24) is 14.3 Å². The van der Waals surface area contributed by atoms with Crippen LogP contribution in [0, 0.1) is 11.8 Å². The van der Waals surface area contributed by atoms with Gasteiger partial charge in [0.2, 0.25) is 0 Å². The van der Waals surface area contributed by atoms with Crippen LogP contribution >= 0.6 is 0 Å². The molecule has 0 amide bonds. The summed E-state index contributed by atoms with van der Waals surface area (Å²) in [7, 11) is 0.210. The monoisotopic (exact) mass is 291 g/mol. The predicted molar refractivity (Wildman–Crippen MR) is 79.2 cm³/mol. The molecule has 1 aliphatic rings. The molecular weight excluding hydrogens is 262 g/mol. The molecule has 1 rings (SSSR count). The fourth-order valence-electron chi connectivity index (χ4n) is 2.68. The fourth-order valence-corrected chi connectivity index (χ4v) is 3.71. The van der Waals surface area contributed by atoms with Gasteiger partial charge in [0.05, 0.1) is 0 Å². The minimum atomic E-state index is -3.30. The summed E-state index contributed by atoms with van der Waals surface area (Å²) in [5, 5.41) is 3.02. The quantitative estimate of drug-likeness (QED) is 0.660. The average Bonchev–Trinajstić information content (AvgIpc) is 2.37. The Morgan fingerprint density at radius 1 is 1.32 bits per heavy atom. The maximum atomic E-state index is 12.0. The minimum Gasteiger partial charge on any atom is -0.320 e. The second-order valence-electron chi connectivity index (χ2n) is 5.77. The lowest BCUT2D eigenvalue weighted by molar-refractivity contribution is 0.281. The van der Waals surface area contributed by atoms with Gasteiger partial charge in [-0.05, 0) is 44.7 Å². The minimum absolute atomic E-state index is 0.504. The molecule has 0 aromatic heterocycles. The van der Waals surface area contributed by atoms with Gasteiger partial charge >= 0.3 is 0 Å². The molecule has 0 saturated heterocycles. The van der Waals surface area contributed by atoms with E-state index in [1.54, 1.807) is 7.05 Å². The number of hydrogen-bond acceptors (Lipinski definition) is 3. The van der Waals surface area contributed by atoms with E-state index in [0.29, 0.717) is 19.0 Å². The molecule has 0 aromatic rings. The van der Waals surface area contributed by atoms with E-state index in [2.05, 4.69) is 17.0 Å². The third kappa shape index (κ3) is 6.21. The molecule has 5 nitrogen and oxygen atoms in total. The van der Waals surface area contributed by atoms with Gasteiger partial charge in [-0.15, -0.1) is 0 Å². The van der Waals surface area contributed by atoms with Gasteiger partial charge in [-0.3, -0.25) is 0 Å². The average molecular weight is 291 g/mol. The van der Waals surface area contributed by atoms with Crippen molar-refractivity contribution in [3.63, 3.8) is 0 Å². The van der Waals surface area contributed by atoms with E-state index in [4.69, 9.17) is 0 Å². The third-order valence-electron chi connectivity index (χ3n) is 3.91. The number of hydrogen-bond donors (Lipinski definition) is 2. The topological polar surface area (TPSA) is 61.4 Å². The van der Waals surface area contributed by atoms with E-state index in [1.165, 1.54) is 17.1 Å². The van der Waals surface area contributed by atoms with Gasteiger partial charge < -0.3 is 5.32 Å². The van der Waals surface area contributed by atoms with Crippen molar-refractivity contribution < 1.29 is 8.42 Å². The maximum Gasteiger partial charge on any atom is 0.279 e. The van der Waals surface area contributed by atoms with Crippen molar-refractivity contribution in [2.45, 2.75) is 39.0 Å². The van der Waals surface area contributed by atoms with Gasteiger partial charge in [-0.1, -0.05) is 19.8 Å². The molecule has 19 heavy (non-hydrogen) atoms. The highest BCUT2D eigenvalue weighted by Gasteiger charge is 2.22. The van der Waals surface area contributed by atoms with Gasteiger partial charge in [0, 0.05) is 20.1 Å². The molecular formula is C13H29N3O2S. The Balaban J connectivity index is 2.32. The maximum absolute atomic E-state index is 12.0. The summed E-state index contributed by atoms with van der Waals surface area (Å²) in [4.78, 5) is 0. The Labute approximate surface area is 118 Å². The van der Waals surface area contributed by atoms with E-state index >= 15 is 0 Å². The molecule has 0 heterocycles. The predicted octanol–water partition coefficient (Wildman–Crippen LogP) is 1.19. The van der Waals surface area contributed by atoms with Crippen molar-refractivity contribution in [3.8, 4) is 0 Å². The number of nitrogens with one attached hydrogen (secondary N) is 2. The van der Waals surface area contributed by atoms with E-state index in [0.717, 1.165) is 31.7 Å². The molecule has 6 heteroatoms. The number of nitrogens with zero attached hydrogens (tertiary/aromatic N) is 1. The Kier molecular flexibility index (Phi) is 7.28. The van der Waals surface area contributed by atoms with Crippen molar-refractivity contribution in [1.29, 1.82) is 0 Å². The lowest BCUT2D eigenvalue weighted by Crippen LogP contribution is -2.41. The molecule has 114 valence electrons. The SMILES string of the molecule is CNCCCN(C)S(=O)(=O)NCC1CCCC(C)C1. The molecule has 0 bridgehead atoms. The van der Waals surface area contributed by atoms with Crippen molar-refractivity contribution >= 4 is 10.2 Å². The van der Waals surface area contributed by atoms with Crippen LogP contribution in [0.15, 0.2) is 0 Å². The molecule has 0 spiro atoms. The van der Waals surface area contributed by atoms with Crippen molar-refractivity contribution in [3.05, 3.63) is 0 Å². The van der Waals surface area contributed by atoms with Gasteiger partial charge in [-0.2, -0.15) is 12.7 Å². The zero-order chi connectivity index (χ0) is 14.3. The molecule has 2 unspecified atom stereocenters. The molecule has 0 radical (unpaired) electrons. The van der Waals surface area contributed by atoms with Gasteiger partial charge in [-0.25, -0.2) is 4.72 Å². The second kappa shape index (κ2) is 8.19. The van der Waals surface area contributed by atoms with E-state index in [-0.39, 0.29) is 0 Å². The summed E-state index contributed by atoms with van der Waals surface area (Å²) < 4.78 is 28.3. The van der Waals surface area contributed by atoms with Crippen molar-refractivity contribution in [2.75, 3.05) is 33.7 Å². The van der Waals surface area contributed by atoms with Crippen LogP contribution in [-0.4, -0.2) is 46.5 Å². The summed E-state index contributed by atoms with van der Waals surface area (Å²) >= 11 is 0. The van der Waals surface area contributed by atoms with Crippen LogP contribution in [0.5, 0.6) is 0 Å². The fraction of sp³-hybridized carbons (Fsp3) is 1.00. The molecule has 1 aliphatic carbocycles. The van der Waals surface area contributed by atoms with E-state index < -0.39 is 10.2 Å². The largest absolute Gasteiger partial charge is 0.320 e. The zero-order valence-electron chi connectivity index (χ0n) is 12.5. The third-order valence-corrected chi connectivity index (χ3v) is 5.44. The van der Waals surface area contributed by atoms with Crippen LogP contribution in [0.1, 0.15) is 39.0 Å². The standard InChI is InChI=1S/C13H29N3O2S/c1-12-6-4-7-13(10-12)11-15-19(17,18)16(3)9-5-8-14-2/h12-15H,4-11H2,1-3H3. The van der Waals surface area contributed by atoms with Gasteiger partial charge in [0.1, 0.15) is 0 Å². The Morgan fingerprint density at radius 2 is 2.05 bits per heavy atom. The Morgan fingerprint density at radius 3 is 2.68 bits per heavy atom. The summed E-state index contributed by atoms with van der Waals surface area (Å²) in [6, 6.07) is 0. The molecule has 0 aromatic carbocycles.